The zero-order valence-corrected chi connectivity index (χ0v) is 9.91. The second-order valence-electron chi connectivity index (χ2n) is 4.35. The van der Waals surface area contributed by atoms with E-state index in [1.165, 1.54) is 6.92 Å². The van der Waals surface area contributed by atoms with Crippen molar-refractivity contribution >= 4 is 0 Å². The molecule has 7 heteroatoms. The fourth-order valence-corrected chi connectivity index (χ4v) is 1.75. The van der Waals surface area contributed by atoms with Gasteiger partial charge in [0.25, 0.3) is 0 Å². The molecule has 1 unspecified atom stereocenters. The van der Waals surface area contributed by atoms with Crippen LogP contribution in [0.25, 0.3) is 0 Å². The number of alkyl halides is 6. The van der Waals surface area contributed by atoms with Gasteiger partial charge in [-0.3, -0.25) is 0 Å². The van der Waals surface area contributed by atoms with Gasteiger partial charge in [0.2, 0.25) is 0 Å². The van der Waals surface area contributed by atoms with E-state index in [4.69, 9.17) is 0 Å². The summed E-state index contributed by atoms with van der Waals surface area (Å²) in [5, 5.41) is 2.29. The quantitative estimate of drug-likeness (QED) is 0.746. The molecular formula is C10H17F6N. The molecule has 0 aromatic rings. The molecular weight excluding hydrogens is 248 g/mol. The van der Waals surface area contributed by atoms with Crippen LogP contribution >= 0.6 is 0 Å². The topological polar surface area (TPSA) is 12.0 Å². The number of nitrogens with one attached hydrogen (secondary N) is 1. The van der Waals surface area contributed by atoms with Crippen LogP contribution in [0.5, 0.6) is 0 Å². The lowest BCUT2D eigenvalue weighted by molar-refractivity contribution is -0.292. The van der Waals surface area contributed by atoms with E-state index in [0.29, 0.717) is 0 Å². The number of hydrogen-bond acceptors (Lipinski definition) is 1. The summed E-state index contributed by atoms with van der Waals surface area (Å²) < 4.78 is 74.9. The lowest BCUT2D eigenvalue weighted by Crippen LogP contribution is -2.51. The Morgan fingerprint density at radius 3 is 1.59 bits per heavy atom. The van der Waals surface area contributed by atoms with Crippen molar-refractivity contribution in [1.82, 2.24) is 5.32 Å². The summed E-state index contributed by atoms with van der Waals surface area (Å²) in [6, 6.07) is -1.62. The first kappa shape index (κ1) is 16.5. The molecule has 0 bridgehead atoms. The van der Waals surface area contributed by atoms with Crippen LogP contribution in [-0.2, 0) is 0 Å². The summed E-state index contributed by atoms with van der Waals surface area (Å²) in [6.45, 7) is 4.74. The van der Waals surface area contributed by atoms with E-state index in [9.17, 15) is 26.3 Å². The number of rotatable bonds is 5. The van der Waals surface area contributed by atoms with E-state index in [1.54, 1.807) is 13.8 Å². The van der Waals surface area contributed by atoms with Crippen molar-refractivity contribution in [3.63, 3.8) is 0 Å². The van der Waals surface area contributed by atoms with E-state index in [-0.39, 0.29) is 18.9 Å². The first-order valence-corrected chi connectivity index (χ1v) is 5.37. The fraction of sp³-hybridized carbons (Fsp3) is 1.00. The average molecular weight is 265 g/mol. The van der Waals surface area contributed by atoms with Gasteiger partial charge in [-0.05, 0) is 18.9 Å². The maximum absolute atomic E-state index is 12.5. The van der Waals surface area contributed by atoms with Crippen molar-refractivity contribution in [2.24, 2.45) is 11.8 Å². The summed E-state index contributed by atoms with van der Waals surface area (Å²) in [4.78, 5) is 0. The minimum absolute atomic E-state index is 0.0695. The van der Waals surface area contributed by atoms with Crippen molar-refractivity contribution < 1.29 is 26.3 Å². The maximum Gasteiger partial charge on any atom is 0.401 e. The van der Waals surface area contributed by atoms with Crippen molar-refractivity contribution in [2.45, 2.75) is 45.6 Å². The Morgan fingerprint density at radius 1 is 0.941 bits per heavy atom. The lowest BCUT2D eigenvalue weighted by Gasteiger charge is -2.32. The Hall–Kier alpha value is -0.460. The minimum Gasteiger partial charge on any atom is -0.313 e. The molecule has 0 spiro atoms. The van der Waals surface area contributed by atoms with Gasteiger partial charge in [-0.25, -0.2) is 0 Å². The molecule has 0 rings (SSSR count). The van der Waals surface area contributed by atoms with E-state index >= 15 is 0 Å². The largest absolute Gasteiger partial charge is 0.401 e. The first-order chi connectivity index (χ1) is 7.50. The number of hydrogen-bond donors (Lipinski definition) is 1. The van der Waals surface area contributed by atoms with E-state index in [1.807, 2.05) is 0 Å². The highest BCUT2D eigenvalue weighted by atomic mass is 19.4. The van der Waals surface area contributed by atoms with Crippen molar-refractivity contribution in [3.8, 4) is 0 Å². The van der Waals surface area contributed by atoms with Gasteiger partial charge in [-0.15, -0.1) is 0 Å². The number of halogens is 6. The predicted molar refractivity (Wildman–Crippen MR) is 52.5 cm³/mol. The average Bonchev–Trinajstić information content (AvgIpc) is 1.96. The third kappa shape index (κ3) is 5.61. The smallest absolute Gasteiger partial charge is 0.313 e. The Balaban J connectivity index is 5.08. The lowest BCUT2D eigenvalue weighted by atomic mass is 9.90. The molecule has 0 aliphatic carbocycles. The molecule has 0 saturated carbocycles. The molecule has 0 aromatic carbocycles. The van der Waals surface area contributed by atoms with Gasteiger partial charge in [0.15, 0.2) is 5.92 Å². The molecule has 1 atom stereocenters. The van der Waals surface area contributed by atoms with Gasteiger partial charge in [0, 0.05) is 6.04 Å². The van der Waals surface area contributed by atoms with E-state index < -0.39 is 24.3 Å². The zero-order chi connectivity index (χ0) is 13.9. The van der Waals surface area contributed by atoms with Crippen LogP contribution in [0.1, 0.15) is 27.2 Å². The van der Waals surface area contributed by atoms with Gasteiger partial charge in [-0.2, -0.15) is 26.3 Å². The van der Waals surface area contributed by atoms with Crippen molar-refractivity contribution in [2.75, 3.05) is 6.54 Å². The molecule has 0 aliphatic rings. The van der Waals surface area contributed by atoms with Crippen LogP contribution in [0.2, 0.25) is 0 Å². The third-order valence-electron chi connectivity index (χ3n) is 2.30. The second kappa shape index (κ2) is 5.93. The molecule has 17 heavy (non-hydrogen) atoms. The van der Waals surface area contributed by atoms with Crippen LogP contribution in [0.3, 0.4) is 0 Å². The summed E-state index contributed by atoms with van der Waals surface area (Å²) in [5.41, 5.74) is 0. The SMILES string of the molecule is CCNC(CC(C)C)C(C(F)(F)F)C(F)(F)F. The van der Waals surface area contributed by atoms with Gasteiger partial charge < -0.3 is 5.32 Å². The molecule has 0 aliphatic heterocycles. The van der Waals surface area contributed by atoms with E-state index in [0.717, 1.165) is 0 Å². The summed E-state index contributed by atoms with van der Waals surface area (Å²) in [6.07, 6.45) is -10.7. The molecule has 0 aromatic heterocycles. The molecule has 1 nitrogen and oxygen atoms in total. The summed E-state index contributed by atoms with van der Waals surface area (Å²) >= 11 is 0. The first-order valence-electron chi connectivity index (χ1n) is 5.37. The standard InChI is InChI=1S/C10H17F6N/c1-4-17-7(5-6(2)3)8(9(11,12)13)10(14,15)16/h6-8,17H,4-5H2,1-3H3. The summed E-state index contributed by atoms with van der Waals surface area (Å²) in [7, 11) is 0. The summed E-state index contributed by atoms with van der Waals surface area (Å²) in [5.74, 6) is -3.55. The Morgan fingerprint density at radius 2 is 1.35 bits per heavy atom. The monoisotopic (exact) mass is 265 g/mol. The fourth-order valence-electron chi connectivity index (χ4n) is 1.75. The van der Waals surface area contributed by atoms with Crippen LogP contribution in [0, 0.1) is 11.8 Å². The molecule has 0 radical (unpaired) electrons. The molecule has 1 N–H and O–H groups in total. The Bertz CT molecular complexity index is 206. The zero-order valence-electron chi connectivity index (χ0n) is 9.91. The highest BCUT2D eigenvalue weighted by Gasteiger charge is 2.59. The van der Waals surface area contributed by atoms with Gasteiger partial charge in [-0.1, -0.05) is 20.8 Å². The molecule has 0 saturated heterocycles. The highest BCUT2D eigenvalue weighted by Crippen LogP contribution is 2.42. The van der Waals surface area contributed by atoms with Crippen LogP contribution in [-0.4, -0.2) is 24.9 Å². The molecule has 0 fully saturated rings. The van der Waals surface area contributed by atoms with Crippen LogP contribution in [0.4, 0.5) is 26.3 Å². The minimum atomic E-state index is -5.28. The van der Waals surface area contributed by atoms with Gasteiger partial charge in [0.05, 0.1) is 0 Å². The van der Waals surface area contributed by atoms with Crippen molar-refractivity contribution in [1.29, 1.82) is 0 Å². The maximum atomic E-state index is 12.5. The molecule has 0 heterocycles. The van der Waals surface area contributed by atoms with Crippen LogP contribution in [0.15, 0.2) is 0 Å². The van der Waals surface area contributed by atoms with Crippen LogP contribution < -0.4 is 5.32 Å². The van der Waals surface area contributed by atoms with Gasteiger partial charge in [0.1, 0.15) is 0 Å². The molecule has 0 amide bonds. The third-order valence-corrected chi connectivity index (χ3v) is 2.30. The molecule has 104 valence electrons. The normalized spacial score (nSPS) is 15.7. The van der Waals surface area contributed by atoms with Crippen molar-refractivity contribution in [3.05, 3.63) is 0 Å². The van der Waals surface area contributed by atoms with E-state index in [2.05, 4.69) is 5.32 Å². The van der Waals surface area contributed by atoms with Gasteiger partial charge >= 0.3 is 12.4 Å². The predicted octanol–water partition coefficient (Wildman–Crippen LogP) is 3.75. The highest BCUT2D eigenvalue weighted by molar-refractivity contribution is 4.87. The Labute approximate surface area is 96.6 Å². The second-order valence-corrected chi connectivity index (χ2v) is 4.35. The Kier molecular flexibility index (Phi) is 5.77.